The third-order valence-corrected chi connectivity index (χ3v) is 5.46. The first-order chi connectivity index (χ1) is 14.1. The van der Waals surface area contributed by atoms with Crippen LogP contribution < -0.4 is 0 Å². The highest BCUT2D eigenvalue weighted by Crippen LogP contribution is 2.40. The molecule has 0 aromatic heterocycles. The summed E-state index contributed by atoms with van der Waals surface area (Å²) in [5.74, 6) is 0. The average Bonchev–Trinajstić information content (AvgIpc) is 2.80. The van der Waals surface area contributed by atoms with E-state index in [9.17, 15) is 10.0 Å². The predicted molar refractivity (Wildman–Crippen MR) is 116 cm³/mol. The van der Waals surface area contributed by atoms with Gasteiger partial charge >= 0.3 is 7.12 Å². The lowest BCUT2D eigenvalue weighted by atomic mass is 9.52. The monoisotopic (exact) mass is 382 g/mol. The van der Waals surface area contributed by atoms with Crippen molar-refractivity contribution in [2.45, 2.75) is 17.5 Å². The number of hydrogen-bond donors (Lipinski definition) is 2. The maximum Gasteiger partial charge on any atom is 0.470 e. The van der Waals surface area contributed by atoms with Gasteiger partial charge in [-0.15, -0.1) is 0 Å². The molecule has 144 valence electrons. The lowest BCUT2D eigenvalue weighted by Crippen LogP contribution is -2.44. The summed E-state index contributed by atoms with van der Waals surface area (Å²) in [6, 6.07) is 29.5. The van der Waals surface area contributed by atoms with Gasteiger partial charge in [-0.3, -0.25) is 0 Å². The van der Waals surface area contributed by atoms with Crippen LogP contribution in [-0.4, -0.2) is 17.2 Å². The standard InChI is InChI=1S/C25H23BO3/c27-26(28)24(22-12-6-2-7-13-22)16-18-25(19-17-24,23-14-8-3-9-15-23)29-20-21-10-4-1-5-11-21/h1-19,27-28H,20H2. The molecule has 0 fully saturated rings. The molecule has 4 heteroatoms. The van der Waals surface area contributed by atoms with Crippen molar-refractivity contribution >= 4 is 7.12 Å². The second-order valence-corrected chi connectivity index (χ2v) is 7.27. The lowest BCUT2D eigenvalue weighted by molar-refractivity contribution is 0.0101. The van der Waals surface area contributed by atoms with Crippen molar-refractivity contribution in [3.05, 3.63) is 132 Å². The summed E-state index contributed by atoms with van der Waals surface area (Å²) in [6.07, 6.45) is 7.53. The summed E-state index contributed by atoms with van der Waals surface area (Å²) in [7, 11) is -1.57. The van der Waals surface area contributed by atoms with E-state index < -0.39 is 18.0 Å². The Morgan fingerprint density at radius 3 is 1.62 bits per heavy atom. The van der Waals surface area contributed by atoms with Crippen LogP contribution >= 0.6 is 0 Å². The van der Waals surface area contributed by atoms with Gasteiger partial charge in [-0.2, -0.15) is 0 Å². The molecule has 0 heterocycles. The third kappa shape index (κ3) is 3.83. The molecule has 0 bridgehead atoms. The van der Waals surface area contributed by atoms with Gasteiger partial charge in [0.1, 0.15) is 5.60 Å². The van der Waals surface area contributed by atoms with Crippen LogP contribution in [0.5, 0.6) is 0 Å². The molecule has 0 saturated carbocycles. The Bertz CT molecular complexity index is 968. The van der Waals surface area contributed by atoms with E-state index in [1.807, 2.05) is 115 Å². The third-order valence-electron chi connectivity index (χ3n) is 5.46. The normalized spacial score (nSPS) is 23.1. The zero-order chi connectivity index (χ0) is 20.2. The molecule has 0 atom stereocenters. The first-order valence-electron chi connectivity index (χ1n) is 9.70. The number of ether oxygens (including phenoxy) is 1. The zero-order valence-corrected chi connectivity index (χ0v) is 16.1. The zero-order valence-electron chi connectivity index (χ0n) is 16.1. The summed E-state index contributed by atoms with van der Waals surface area (Å²) < 4.78 is 6.41. The molecule has 0 radical (unpaired) electrons. The minimum atomic E-state index is -1.57. The van der Waals surface area contributed by atoms with Crippen LogP contribution in [0.4, 0.5) is 0 Å². The van der Waals surface area contributed by atoms with E-state index in [1.54, 1.807) is 0 Å². The molecule has 4 rings (SSSR count). The van der Waals surface area contributed by atoms with Gasteiger partial charge in [-0.25, -0.2) is 0 Å². The fraction of sp³-hybridized carbons (Fsp3) is 0.120. The minimum absolute atomic E-state index is 0.435. The second kappa shape index (κ2) is 8.22. The van der Waals surface area contributed by atoms with E-state index >= 15 is 0 Å². The second-order valence-electron chi connectivity index (χ2n) is 7.27. The van der Waals surface area contributed by atoms with Crippen LogP contribution in [0, 0.1) is 0 Å². The Kier molecular flexibility index (Phi) is 5.50. The highest BCUT2D eigenvalue weighted by Gasteiger charge is 2.44. The molecular formula is C25H23BO3. The summed E-state index contributed by atoms with van der Waals surface area (Å²) in [4.78, 5) is 0. The Labute approximate surface area is 171 Å². The van der Waals surface area contributed by atoms with Crippen molar-refractivity contribution in [3.63, 3.8) is 0 Å². The Morgan fingerprint density at radius 2 is 1.10 bits per heavy atom. The highest BCUT2D eigenvalue weighted by molar-refractivity contribution is 6.47. The molecule has 3 nitrogen and oxygen atoms in total. The van der Waals surface area contributed by atoms with Gasteiger partial charge in [0.2, 0.25) is 0 Å². The quantitative estimate of drug-likeness (QED) is 0.497. The van der Waals surface area contributed by atoms with Crippen LogP contribution in [0.3, 0.4) is 0 Å². The maximum atomic E-state index is 10.2. The Hall–Kier alpha value is -2.92. The SMILES string of the molecule is OB(O)C1(c2ccccc2)C=CC(OCc2ccccc2)(c2ccccc2)C=C1. The first-order valence-corrected chi connectivity index (χ1v) is 9.70. The van der Waals surface area contributed by atoms with Gasteiger partial charge < -0.3 is 14.8 Å². The van der Waals surface area contributed by atoms with E-state index in [4.69, 9.17) is 4.74 Å². The molecule has 0 aliphatic heterocycles. The van der Waals surface area contributed by atoms with Crippen molar-refractivity contribution < 1.29 is 14.8 Å². The number of allylic oxidation sites excluding steroid dienone is 2. The Balaban J connectivity index is 1.72. The van der Waals surface area contributed by atoms with E-state index in [-0.39, 0.29) is 0 Å². The molecule has 0 unspecified atom stereocenters. The van der Waals surface area contributed by atoms with E-state index in [2.05, 4.69) is 0 Å². The lowest BCUT2D eigenvalue weighted by Gasteiger charge is -2.37. The van der Waals surface area contributed by atoms with Gasteiger partial charge in [0.05, 0.1) is 11.9 Å². The van der Waals surface area contributed by atoms with Gasteiger partial charge in [0.25, 0.3) is 0 Å². The fourth-order valence-corrected chi connectivity index (χ4v) is 3.72. The van der Waals surface area contributed by atoms with Gasteiger partial charge in [0.15, 0.2) is 0 Å². The molecule has 29 heavy (non-hydrogen) atoms. The van der Waals surface area contributed by atoms with Crippen LogP contribution in [0.2, 0.25) is 0 Å². The smallest absolute Gasteiger partial charge is 0.426 e. The summed E-state index contributed by atoms with van der Waals surface area (Å²) in [5, 5.41) is 19.5. The molecular weight excluding hydrogens is 359 g/mol. The maximum absolute atomic E-state index is 10.2. The highest BCUT2D eigenvalue weighted by atomic mass is 16.5. The van der Waals surface area contributed by atoms with Crippen LogP contribution in [0.15, 0.2) is 115 Å². The number of hydrogen-bond acceptors (Lipinski definition) is 3. The molecule has 0 spiro atoms. The van der Waals surface area contributed by atoms with Crippen molar-refractivity contribution in [2.75, 3.05) is 0 Å². The van der Waals surface area contributed by atoms with Crippen LogP contribution in [0.1, 0.15) is 16.7 Å². The predicted octanol–water partition coefficient (Wildman–Crippen LogP) is 4.17. The summed E-state index contributed by atoms with van der Waals surface area (Å²) >= 11 is 0. The van der Waals surface area contributed by atoms with Crippen molar-refractivity contribution in [3.8, 4) is 0 Å². The van der Waals surface area contributed by atoms with Gasteiger partial charge in [0, 0.05) is 0 Å². The molecule has 3 aromatic carbocycles. The summed E-state index contributed by atoms with van der Waals surface area (Å²) in [5.41, 5.74) is 2.08. The van der Waals surface area contributed by atoms with E-state index in [0.29, 0.717) is 6.61 Å². The van der Waals surface area contributed by atoms with Crippen molar-refractivity contribution in [2.24, 2.45) is 0 Å². The van der Waals surface area contributed by atoms with Crippen molar-refractivity contribution in [1.29, 1.82) is 0 Å². The topological polar surface area (TPSA) is 49.7 Å². The summed E-state index contributed by atoms with van der Waals surface area (Å²) in [6.45, 7) is 0.435. The molecule has 0 saturated heterocycles. The molecule has 2 N–H and O–H groups in total. The van der Waals surface area contributed by atoms with Gasteiger partial charge in [-0.05, 0) is 28.8 Å². The van der Waals surface area contributed by atoms with E-state index in [1.165, 1.54) is 0 Å². The molecule has 3 aromatic rings. The molecule has 1 aliphatic rings. The minimum Gasteiger partial charge on any atom is -0.426 e. The van der Waals surface area contributed by atoms with Crippen LogP contribution in [0.25, 0.3) is 0 Å². The molecule has 1 aliphatic carbocycles. The van der Waals surface area contributed by atoms with Gasteiger partial charge in [-0.1, -0.05) is 103 Å². The van der Waals surface area contributed by atoms with Crippen LogP contribution in [-0.2, 0) is 22.3 Å². The first kappa shape index (κ1) is 19.4. The molecule has 0 amide bonds. The number of rotatable bonds is 6. The van der Waals surface area contributed by atoms with E-state index in [0.717, 1.165) is 16.7 Å². The Morgan fingerprint density at radius 1 is 0.621 bits per heavy atom. The average molecular weight is 382 g/mol. The fourth-order valence-electron chi connectivity index (χ4n) is 3.72. The number of benzene rings is 3. The largest absolute Gasteiger partial charge is 0.470 e. The van der Waals surface area contributed by atoms with Crippen molar-refractivity contribution in [1.82, 2.24) is 0 Å².